The second-order valence-corrected chi connectivity index (χ2v) is 25.0. The van der Waals surface area contributed by atoms with Gasteiger partial charge in [-0.15, -0.1) is 0 Å². The third kappa shape index (κ3) is 9.59. The van der Waals surface area contributed by atoms with Crippen LogP contribution in [-0.2, 0) is 42.8 Å². The summed E-state index contributed by atoms with van der Waals surface area (Å²) in [6, 6.07) is -1.33. The minimum Gasteiger partial charge on any atom is -0.432 e. The molecule has 73 heavy (non-hydrogen) atoms. The molecule has 8 rings (SSSR count). The molecule has 3 heterocycles. The van der Waals surface area contributed by atoms with Crippen LogP contribution in [-0.4, -0.2) is 182 Å². The smallest absolute Gasteiger partial charge is 0.317 e. The van der Waals surface area contributed by atoms with E-state index in [1.165, 1.54) is 6.92 Å². The number of amides is 1. The average molecular weight is 1040 g/mol. The molecule has 0 spiro atoms. The van der Waals surface area contributed by atoms with E-state index in [1.54, 1.807) is 0 Å². The summed E-state index contributed by atoms with van der Waals surface area (Å²) in [6.07, 6.45) is -12.5. The van der Waals surface area contributed by atoms with Crippen LogP contribution in [0.1, 0.15) is 132 Å². The lowest BCUT2D eigenvalue weighted by Gasteiger charge is -2.71. The number of allylic oxidation sites excluding steroid dienone is 2. The van der Waals surface area contributed by atoms with Gasteiger partial charge >= 0.3 is 5.97 Å². The number of unbranched alkanes of at least 4 members (excludes halogenated alkanes) is 2. The molecule has 20 heteroatoms. The maximum atomic E-state index is 15.6. The molecular formula is C53H87N2O18+. The summed E-state index contributed by atoms with van der Waals surface area (Å²) in [5, 5.41) is 104. The van der Waals surface area contributed by atoms with Gasteiger partial charge in [0.2, 0.25) is 12.2 Å². The van der Waals surface area contributed by atoms with Crippen LogP contribution in [0.4, 0.5) is 0 Å². The number of fused-ring (bicyclic) bond motifs is 7. The number of aliphatic hydroxyl groups is 9. The summed E-state index contributed by atoms with van der Waals surface area (Å²) in [5.41, 5.74) is 1.06. The molecule has 0 radical (unpaired) electrons. The fourth-order valence-corrected chi connectivity index (χ4v) is 15.7. The summed E-state index contributed by atoms with van der Waals surface area (Å²) in [7, 11) is 0. The van der Waals surface area contributed by atoms with Crippen LogP contribution in [0.3, 0.4) is 0 Å². The predicted octanol–water partition coefficient (Wildman–Crippen LogP) is -0.117. The number of hydrogen-bond donors (Lipinski definition) is 11. The van der Waals surface area contributed by atoms with Gasteiger partial charge in [0.25, 0.3) is 0 Å². The molecule has 0 aromatic carbocycles. The van der Waals surface area contributed by atoms with Crippen LogP contribution < -0.4 is 11.1 Å². The molecule has 7 fully saturated rings. The molecule has 3 aliphatic heterocycles. The van der Waals surface area contributed by atoms with Gasteiger partial charge in [-0.3, -0.25) is 9.59 Å². The normalized spacial score (nSPS) is 50.5. The first kappa shape index (κ1) is 56.9. The Balaban J connectivity index is 1.10. The Morgan fingerprint density at radius 2 is 1.48 bits per heavy atom. The van der Waals surface area contributed by atoms with Crippen molar-refractivity contribution in [2.24, 2.45) is 50.2 Å². The molecule has 12 unspecified atom stereocenters. The van der Waals surface area contributed by atoms with E-state index in [0.29, 0.717) is 38.6 Å². The molecule has 24 atom stereocenters. The van der Waals surface area contributed by atoms with Crippen molar-refractivity contribution in [3.8, 4) is 0 Å². The summed E-state index contributed by atoms with van der Waals surface area (Å²) < 4.78 is 36.3. The Labute approximate surface area is 428 Å². The summed E-state index contributed by atoms with van der Waals surface area (Å²) >= 11 is 0. The Morgan fingerprint density at radius 3 is 2.16 bits per heavy atom. The van der Waals surface area contributed by atoms with E-state index < -0.39 is 139 Å². The van der Waals surface area contributed by atoms with Crippen molar-refractivity contribution in [1.29, 1.82) is 0 Å². The molecule has 13 N–H and O–H groups in total. The molecule has 4 saturated carbocycles. The van der Waals surface area contributed by atoms with Crippen molar-refractivity contribution in [2.45, 2.75) is 230 Å². The van der Waals surface area contributed by atoms with Gasteiger partial charge < -0.3 is 90.2 Å². The molecule has 20 nitrogen and oxygen atoms in total. The quantitative estimate of drug-likeness (QED) is 0.0468. The van der Waals surface area contributed by atoms with Gasteiger partial charge in [0.15, 0.2) is 18.7 Å². The number of ether oxygens (including phenoxy) is 6. The predicted molar refractivity (Wildman–Crippen MR) is 257 cm³/mol. The Bertz CT molecular complexity index is 2030. The van der Waals surface area contributed by atoms with Gasteiger partial charge in [-0.05, 0) is 123 Å². The lowest BCUT2D eigenvalue weighted by atomic mass is 9.33. The fraction of sp³-hybridized carbons (Fsp3) is 0.906. The Morgan fingerprint density at radius 1 is 0.781 bits per heavy atom. The minimum atomic E-state index is -1.93. The van der Waals surface area contributed by atoms with Crippen LogP contribution in [0.15, 0.2) is 11.6 Å². The van der Waals surface area contributed by atoms with Crippen molar-refractivity contribution in [3.05, 3.63) is 11.6 Å². The van der Waals surface area contributed by atoms with Crippen molar-refractivity contribution >= 4 is 18.2 Å². The number of carbonyl (C=O) groups excluding carboxylic acids is 3. The second kappa shape index (κ2) is 21.2. The molecule has 0 aromatic rings. The lowest BCUT2D eigenvalue weighted by Crippen LogP contribution is -2.69. The van der Waals surface area contributed by atoms with Crippen LogP contribution in [0.5, 0.6) is 0 Å². The van der Waals surface area contributed by atoms with Gasteiger partial charge in [-0.2, -0.15) is 0 Å². The number of nitrogens with one attached hydrogen (secondary N) is 1. The van der Waals surface area contributed by atoms with E-state index in [9.17, 15) is 55.5 Å². The van der Waals surface area contributed by atoms with Gasteiger partial charge in [0.05, 0.1) is 49.5 Å². The van der Waals surface area contributed by atoms with Crippen LogP contribution in [0.2, 0.25) is 0 Å². The molecule has 8 aliphatic rings. The first-order valence-electron chi connectivity index (χ1n) is 27.0. The van der Waals surface area contributed by atoms with Crippen LogP contribution in [0, 0.1) is 50.2 Å². The highest BCUT2D eigenvalue weighted by Crippen LogP contribution is 2.76. The number of carbonyl (C=O) groups is 3. The van der Waals surface area contributed by atoms with E-state index >= 15 is 4.79 Å². The van der Waals surface area contributed by atoms with Gasteiger partial charge in [0.1, 0.15) is 60.5 Å². The van der Waals surface area contributed by atoms with Crippen LogP contribution in [0.25, 0.3) is 0 Å². The maximum absolute atomic E-state index is 15.6. The zero-order valence-electron chi connectivity index (χ0n) is 43.8. The molecule has 1 amide bonds. The fourth-order valence-electron chi connectivity index (χ4n) is 15.7. The minimum absolute atomic E-state index is 0.0355. The standard InChI is InChI=1S/C53H86N2O18/c1-26-42(71-44-40(65)37(62)29(58)24-68-44)39(64)41(66)45(69-26)72-43-38(63)36(55-35(61)11-9-8-10-20-54)30(23-56)70-46(43)73-47(67)53-19-18-48(2,3)21-28(53)27-12-13-32-49(4)16-15-33(59)50(5,25-57)31(49)14-17-51(32,6)52(27,7)22-34(53)60/h12,25-26,28-34,36-46,56,58-60,62-66H,8-11,13-24,54H2,1-7H3,(H,55,61)/p+1/t26?,28?,29-,30?,31-,32?,33+,34-,36+,37?,38?,39?,40?,41?,42+,43?,44+,45+,46+,49?,50?,51+,52-,53-/m1/s1. The molecule has 3 saturated heterocycles. The zero-order chi connectivity index (χ0) is 53.4. The zero-order valence-corrected chi connectivity index (χ0v) is 43.8. The summed E-state index contributed by atoms with van der Waals surface area (Å²) in [4.78, 5) is 41.7. The van der Waals surface area contributed by atoms with Gasteiger partial charge in [0, 0.05) is 6.42 Å². The first-order chi connectivity index (χ1) is 34.3. The second-order valence-electron chi connectivity index (χ2n) is 25.0. The number of esters is 1. The number of aldehydes is 1. The van der Waals surface area contributed by atoms with E-state index in [0.717, 1.165) is 44.0 Å². The highest BCUT2D eigenvalue weighted by Gasteiger charge is 2.72. The monoisotopic (exact) mass is 1040 g/mol. The third-order valence-corrected chi connectivity index (χ3v) is 20.4. The summed E-state index contributed by atoms with van der Waals surface area (Å²) in [6.45, 7) is 14.1. The Kier molecular flexibility index (Phi) is 16.5. The van der Waals surface area contributed by atoms with E-state index in [4.69, 9.17) is 28.4 Å². The highest BCUT2D eigenvalue weighted by molar-refractivity contribution is 5.80. The highest BCUT2D eigenvalue weighted by atomic mass is 16.8. The molecule has 5 aliphatic carbocycles. The summed E-state index contributed by atoms with van der Waals surface area (Å²) in [5.74, 6) is -1.69. The SMILES string of the molecule is CC1O[C@@H](OC2C(O)[C@@H](NC(=O)CCCCC[NH3+])C(CO)O[C@H]2OC(=O)[C@]23CCC(C)(C)CC2C2=CCC4C5(C)CC[C@H](O)C(C)(C=O)[C@@H]5CC[C@]4(C)[C@]2(C)C[C@H]3O)C(O)C(O)[C@H]1O[C@@H]1OC[C@@H](O)C(O)C1O. The molecule has 416 valence electrons. The number of quaternary nitrogens is 1. The largest absolute Gasteiger partial charge is 0.432 e. The maximum Gasteiger partial charge on any atom is 0.317 e. The number of hydrogen-bond acceptors (Lipinski definition) is 18. The van der Waals surface area contributed by atoms with Crippen molar-refractivity contribution < 1.29 is 94.5 Å². The number of rotatable bonds is 14. The topological polar surface area (TPSA) is 328 Å². The molecule has 0 bridgehead atoms. The van der Waals surface area contributed by atoms with Crippen molar-refractivity contribution in [2.75, 3.05) is 19.8 Å². The van der Waals surface area contributed by atoms with Gasteiger partial charge in [-0.25, -0.2) is 0 Å². The van der Waals surface area contributed by atoms with E-state index in [2.05, 4.69) is 51.7 Å². The third-order valence-electron chi connectivity index (χ3n) is 20.4. The number of aliphatic hydroxyl groups excluding tert-OH is 9. The average Bonchev–Trinajstić information content (AvgIpc) is 3.33. The first-order valence-corrected chi connectivity index (χ1v) is 27.0. The van der Waals surface area contributed by atoms with Crippen molar-refractivity contribution in [3.63, 3.8) is 0 Å². The lowest BCUT2D eigenvalue weighted by molar-refractivity contribution is -0.370. The van der Waals surface area contributed by atoms with E-state index in [1.807, 2.05) is 6.92 Å². The molecular weight excluding hydrogens is 953 g/mol. The Hall–Kier alpha value is -2.25. The van der Waals surface area contributed by atoms with Crippen LogP contribution >= 0.6 is 0 Å². The van der Waals surface area contributed by atoms with Gasteiger partial charge in [-0.1, -0.05) is 53.2 Å². The molecule has 0 aromatic heterocycles. The van der Waals surface area contributed by atoms with E-state index in [-0.39, 0.29) is 54.0 Å². The van der Waals surface area contributed by atoms with Crippen molar-refractivity contribution in [1.82, 2.24) is 5.32 Å².